The van der Waals surface area contributed by atoms with Crippen molar-refractivity contribution in [1.82, 2.24) is 20.2 Å². The van der Waals surface area contributed by atoms with Gasteiger partial charge in [-0.05, 0) is 44.3 Å². The van der Waals surface area contributed by atoms with Crippen LogP contribution in [0.2, 0.25) is 0 Å². The number of anilines is 1. The molecule has 0 fully saturated rings. The van der Waals surface area contributed by atoms with E-state index >= 15 is 0 Å². The molecule has 1 aromatic carbocycles. The van der Waals surface area contributed by atoms with Crippen LogP contribution in [0.4, 0.5) is 5.82 Å². The zero-order chi connectivity index (χ0) is 20.8. The number of nitrogens with zero attached hydrogens (tertiary/aromatic N) is 3. The van der Waals surface area contributed by atoms with Crippen LogP contribution in [0, 0.1) is 0 Å². The molecule has 0 aliphatic rings. The lowest BCUT2D eigenvalue weighted by atomic mass is 10.1. The van der Waals surface area contributed by atoms with E-state index in [2.05, 4.69) is 38.5 Å². The highest BCUT2D eigenvalue weighted by molar-refractivity contribution is 7.18. The van der Waals surface area contributed by atoms with E-state index in [1.54, 1.807) is 18.4 Å². The van der Waals surface area contributed by atoms with Gasteiger partial charge >= 0.3 is 0 Å². The van der Waals surface area contributed by atoms with E-state index in [9.17, 15) is 4.79 Å². The number of ether oxygens (including phenoxy) is 1. The number of benzene rings is 1. The van der Waals surface area contributed by atoms with Crippen molar-refractivity contribution in [1.29, 1.82) is 0 Å². The molecule has 1 amide bonds. The molecule has 2 N–H and O–H groups in total. The third-order valence-electron chi connectivity index (χ3n) is 4.76. The molecule has 0 spiro atoms. The predicted octanol–water partition coefficient (Wildman–Crippen LogP) is 3.09. The molecule has 0 aliphatic carbocycles. The van der Waals surface area contributed by atoms with Crippen LogP contribution in [0.5, 0.6) is 5.75 Å². The van der Waals surface area contributed by atoms with Gasteiger partial charge < -0.3 is 20.3 Å². The second-order valence-corrected chi connectivity index (χ2v) is 8.03. The van der Waals surface area contributed by atoms with Gasteiger partial charge in [-0.2, -0.15) is 0 Å². The second kappa shape index (κ2) is 9.67. The Bertz CT molecular complexity index is 955. The molecule has 0 saturated heterocycles. The summed E-state index contributed by atoms with van der Waals surface area (Å²) in [6, 6.07) is 10.1. The van der Waals surface area contributed by atoms with E-state index in [4.69, 9.17) is 4.74 Å². The Morgan fingerprint density at radius 1 is 1.24 bits per heavy atom. The van der Waals surface area contributed by atoms with Crippen LogP contribution in [0.3, 0.4) is 0 Å². The highest BCUT2D eigenvalue weighted by atomic mass is 32.1. The number of nitrogens with one attached hydrogen (secondary N) is 2. The Morgan fingerprint density at radius 2 is 2.00 bits per heavy atom. The molecule has 3 rings (SSSR count). The molecule has 2 heterocycles. The Labute approximate surface area is 175 Å². The van der Waals surface area contributed by atoms with Gasteiger partial charge in [-0.1, -0.05) is 19.1 Å². The molecule has 0 radical (unpaired) electrons. The molecule has 8 heteroatoms. The Balaban J connectivity index is 1.59. The van der Waals surface area contributed by atoms with Crippen molar-refractivity contribution in [2.45, 2.75) is 19.4 Å². The second-order valence-electron chi connectivity index (χ2n) is 6.92. The number of carbonyl (C=O) groups excluding carboxylic acids is 1. The minimum Gasteiger partial charge on any atom is -0.497 e. The van der Waals surface area contributed by atoms with Gasteiger partial charge in [0.15, 0.2) is 0 Å². The smallest absolute Gasteiger partial charge is 0.239 e. The fourth-order valence-electron chi connectivity index (χ4n) is 3.08. The number of aryl methyl sites for hydroxylation is 1. The first kappa shape index (κ1) is 21.0. The fraction of sp³-hybridized carbons (Fsp3) is 0.381. The zero-order valence-corrected chi connectivity index (χ0v) is 18.0. The molecule has 1 atom stereocenters. The monoisotopic (exact) mass is 413 g/mol. The lowest BCUT2D eigenvalue weighted by Gasteiger charge is -2.25. The minimum absolute atomic E-state index is 0.0691. The van der Waals surface area contributed by atoms with Crippen molar-refractivity contribution in [3.8, 4) is 5.75 Å². The molecule has 0 saturated carbocycles. The van der Waals surface area contributed by atoms with Crippen LogP contribution in [0.15, 0.2) is 36.7 Å². The van der Waals surface area contributed by atoms with Crippen LogP contribution in [-0.4, -0.2) is 55.1 Å². The Morgan fingerprint density at radius 3 is 2.66 bits per heavy atom. The number of carbonyl (C=O) groups is 1. The number of amides is 1. The fourth-order valence-corrected chi connectivity index (χ4v) is 4.02. The molecule has 0 bridgehead atoms. The molecular formula is C21H27N5O2S. The summed E-state index contributed by atoms with van der Waals surface area (Å²) in [7, 11) is 5.65. The molecule has 1 unspecified atom stereocenters. The summed E-state index contributed by atoms with van der Waals surface area (Å²) in [4.78, 5) is 25.3. The largest absolute Gasteiger partial charge is 0.497 e. The SMILES string of the molecule is CCc1cc2c(NCC(=O)NCC(c3ccc(OC)cc3)N(C)C)ncnc2s1. The topological polar surface area (TPSA) is 79.4 Å². The van der Waals surface area contributed by atoms with E-state index < -0.39 is 0 Å². The van der Waals surface area contributed by atoms with Gasteiger partial charge in [0.05, 0.1) is 25.1 Å². The third kappa shape index (κ3) is 5.21. The number of aromatic nitrogens is 2. The summed E-state index contributed by atoms with van der Waals surface area (Å²) >= 11 is 1.66. The number of rotatable bonds is 9. The van der Waals surface area contributed by atoms with Crippen LogP contribution in [0.25, 0.3) is 10.2 Å². The molecule has 2 aromatic heterocycles. The lowest BCUT2D eigenvalue weighted by Crippen LogP contribution is -2.37. The van der Waals surface area contributed by atoms with Crippen molar-refractivity contribution < 1.29 is 9.53 Å². The first-order valence-electron chi connectivity index (χ1n) is 9.56. The number of thiophene rings is 1. The number of hydrogen-bond acceptors (Lipinski definition) is 7. The van der Waals surface area contributed by atoms with Crippen molar-refractivity contribution in [3.63, 3.8) is 0 Å². The first-order valence-corrected chi connectivity index (χ1v) is 10.4. The van der Waals surface area contributed by atoms with E-state index in [-0.39, 0.29) is 18.5 Å². The van der Waals surface area contributed by atoms with Crippen LogP contribution in [-0.2, 0) is 11.2 Å². The summed E-state index contributed by atoms with van der Waals surface area (Å²) < 4.78 is 5.22. The number of methoxy groups -OCH3 is 1. The Kier molecular flexibility index (Phi) is 7.00. The van der Waals surface area contributed by atoms with Gasteiger partial charge in [0, 0.05) is 11.4 Å². The lowest BCUT2D eigenvalue weighted by molar-refractivity contribution is -0.119. The Hall–Kier alpha value is -2.71. The van der Waals surface area contributed by atoms with Gasteiger partial charge in [-0.25, -0.2) is 9.97 Å². The number of likely N-dealkylation sites (N-methyl/N-ethyl adjacent to an activating group) is 1. The molecular weight excluding hydrogens is 386 g/mol. The van der Waals surface area contributed by atoms with Crippen molar-refractivity contribution in [2.24, 2.45) is 0 Å². The van der Waals surface area contributed by atoms with Gasteiger partial charge in [0.1, 0.15) is 22.7 Å². The summed E-state index contributed by atoms with van der Waals surface area (Å²) in [6.07, 6.45) is 2.49. The standard InChI is InChI=1S/C21H27N5O2S/c1-5-16-10-17-20(24-13-25-21(17)29-16)23-12-19(27)22-11-18(26(2)3)14-6-8-15(28-4)9-7-14/h6-10,13,18H,5,11-12H2,1-4H3,(H,22,27)(H,23,24,25). The summed E-state index contributed by atoms with van der Waals surface area (Å²) in [5, 5.41) is 7.12. The first-order chi connectivity index (χ1) is 14.0. The van der Waals surface area contributed by atoms with E-state index in [0.29, 0.717) is 12.4 Å². The average molecular weight is 414 g/mol. The third-order valence-corrected chi connectivity index (χ3v) is 5.95. The maximum absolute atomic E-state index is 12.4. The van der Waals surface area contributed by atoms with Gasteiger partial charge in [0.25, 0.3) is 0 Å². The summed E-state index contributed by atoms with van der Waals surface area (Å²) in [5.41, 5.74) is 1.12. The van der Waals surface area contributed by atoms with Crippen molar-refractivity contribution in [3.05, 3.63) is 47.1 Å². The highest BCUT2D eigenvalue weighted by Gasteiger charge is 2.16. The van der Waals surface area contributed by atoms with Gasteiger partial charge in [-0.3, -0.25) is 4.79 Å². The van der Waals surface area contributed by atoms with Crippen molar-refractivity contribution >= 4 is 33.3 Å². The molecule has 29 heavy (non-hydrogen) atoms. The summed E-state index contributed by atoms with van der Waals surface area (Å²) in [5.74, 6) is 1.43. The normalized spacial score (nSPS) is 12.2. The molecule has 154 valence electrons. The van der Waals surface area contributed by atoms with Gasteiger partial charge in [-0.15, -0.1) is 11.3 Å². The average Bonchev–Trinajstić information content (AvgIpc) is 3.16. The van der Waals surface area contributed by atoms with E-state index in [1.165, 1.54) is 11.2 Å². The quantitative estimate of drug-likeness (QED) is 0.561. The van der Waals surface area contributed by atoms with Gasteiger partial charge in [0.2, 0.25) is 5.91 Å². The zero-order valence-electron chi connectivity index (χ0n) is 17.2. The maximum atomic E-state index is 12.4. The van der Waals surface area contributed by atoms with Crippen LogP contribution < -0.4 is 15.4 Å². The number of fused-ring (bicyclic) bond motifs is 1. The van der Waals surface area contributed by atoms with Crippen LogP contribution in [0.1, 0.15) is 23.4 Å². The predicted molar refractivity (Wildman–Crippen MR) is 118 cm³/mol. The van der Waals surface area contributed by atoms with E-state index in [1.807, 2.05) is 38.4 Å². The number of hydrogen-bond donors (Lipinski definition) is 2. The maximum Gasteiger partial charge on any atom is 0.239 e. The molecule has 3 aromatic rings. The highest BCUT2D eigenvalue weighted by Crippen LogP contribution is 2.28. The minimum atomic E-state index is -0.0805. The van der Waals surface area contributed by atoms with E-state index in [0.717, 1.165) is 28.0 Å². The molecule has 0 aliphatic heterocycles. The van der Waals surface area contributed by atoms with Crippen LogP contribution >= 0.6 is 11.3 Å². The molecule has 7 nitrogen and oxygen atoms in total. The van der Waals surface area contributed by atoms with Crippen molar-refractivity contribution in [2.75, 3.05) is 39.6 Å². The summed E-state index contributed by atoms with van der Waals surface area (Å²) in [6.45, 7) is 2.78.